The van der Waals surface area contributed by atoms with Crippen molar-refractivity contribution in [2.24, 2.45) is 0 Å². The van der Waals surface area contributed by atoms with Gasteiger partial charge in [0.1, 0.15) is 6.10 Å². The van der Waals surface area contributed by atoms with Gasteiger partial charge < -0.3 is 19.5 Å². The van der Waals surface area contributed by atoms with Gasteiger partial charge in [-0.15, -0.1) is 0 Å². The van der Waals surface area contributed by atoms with E-state index in [1.54, 1.807) is 7.11 Å². The van der Waals surface area contributed by atoms with Crippen LogP contribution < -0.4 is 14.8 Å². The van der Waals surface area contributed by atoms with E-state index < -0.39 is 0 Å². The summed E-state index contributed by atoms with van der Waals surface area (Å²) in [5.41, 5.74) is 1.34. The monoisotopic (exact) mass is 277 g/mol. The molecule has 2 aliphatic heterocycles. The van der Waals surface area contributed by atoms with Gasteiger partial charge in [-0.1, -0.05) is 6.07 Å². The third-order valence-electron chi connectivity index (χ3n) is 4.18. The Bertz CT molecular complexity index is 437. The maximum Gasteiger partial charge on any atom is 0.161 e. The zero-order chi connectivity index (χ0) is 13.8. The van der Waals surface area contributed by atoms with E-state index in [0.29, 0.717) is 5.92 Å². The molecule has 2 fully saturated rings. The first-order valence-corrected chi connectivity index (χ1v) is 7.50. The average molecular weight is 277 g/mol. The standard InChI is InChI=1S/C16H23NO3/c1-18-16-10-12(13-4-7-17-11-13)2-3-15(16)20-14-5-8-19-9-6-14/h2-3,10,13-14,17H,4-9,11H2,1H3. The van der Waals surface area contributed by atoms with Crippen LogP contribution in [-0.4, -0.2) is 39.5 Å². The fraction of sp³-hybridized carbons (Fsp3) is 0.625. The molecule has 0 aliphatic carbocycles. The fourth-order valence-electron chi connectivity index (χ4n) is 2.95. The number of hydrogen-bond donors (Lipinski definition) is 1. The van der Waals surface area contributed by atoms with E-state index in [1.807, 2.05) is 0 Å². The largest absolute Gasteiger partial charge is 0.493 e. The fourth-order valence-corrected chi connectivity index (χ4v) is 2.95. The van der Waals surface area contributed by atoms with Gasteiger partial charge >= 0.3 is 0 Å². The summed E-state index contributed by atoms with van der Waals surface area (Å²) in [6.07, 6.45) is 3.36. The molecular weight excluding hydrogens is 254 g/mol. The van der Waals surface area contributed by atoms with Crippen molar-refractivity contribution in [2.75, 3.05) is 33.4 Å². The molecule has 0 aromatic heterocycles. The Morgan fingerprint density at radius 2 is 2.00 bits per heavy atom. The minimum Gasteiger partial charge on any atom is -0.493 e. The molecule has 1 aromatic carbocycles. The van der Waals surface area contributed by atoms with Crippen molar-refractivity contribution in [1.29, 1.82) is 0 Å². The number of benzene rings is 1. The summed E-state index contributed by atoms with van der Waals surface area (Å²) in [5.74, 6) is 2.30. The second-order valence-electron chi connectivity index (χ2n) is 5.53. The molecule has 2 saturated heterocycles. The molecule has 0 bridgehead atoms. The predicted octanol–water partition coefficient (Wildman–Crippen LogP) is 2.33. The van der Waals surface area contributed by atoms with E-state index >= 15 is 0 Å². The number of hydrogen-bond acceptors (Lipinski definition) is 4. The van der Waals surface area contributed by atoms with Crippen LogP contribution in [-0.2, 0) is 4.74 Å². The van der Waals surface area contributed by atoms with E-state index in [4.69, 9.17) is 14.2 Å². The van der Waals surface area contributed by atoms with E-state index in [0.717, 1.165) is 50.6 Å². The maximum absolute atomic E-state index is 6.07. The average Bonchev–Trinajstić information content (AvgIpc) is 3.03. The lowest BCUT2D eigenvalue weighted by Crippen LogP contribution is -2.26. The molecule has 2 aliphatic rings. The van der Waals surface area contributed by atoms with Crippen LogP contribution in [0.15, 0.2) is 18.2 Å². The number of rotatable bonds is 4. The first-order valence-electron chi connectivity index (χ1n) is 7.50. The summed E-state index contributed by atoms with van der Waals surface area (Å²) >= 11 is 0. The Hall–Kier alpha value is -1.26. The molecule has 0 spiro atoms. The van der Waals surface area contributed by atoms with Crippen LogP contribution in [0, 0.1) is 0 Å². The van der Waals surface area contributed by atoms with Crippen LogP contribution in [0.2, 0.25) is 0 Å². The van der Waals surface area contributed by atoms with Crippen LogP contribution in [0.3, 0.4) is 0 Å². The van der Waals surface area contributed by atoms with Gasteiger partial charge in [0.25, 0.3) is 0 Å². The Balaban J connectivity index is 1.73. The quantitative estimate of drug-likeness (QED) is 0.917. The summed E-state index contributed by atoms with van der Waals surface area (Å²) in [7, 11) is 1.71. The second kappa shape index (κ2) is 6.46. The molecular formula is C16H23NO3. The van der Waals surface area contributed by atoms with Crippen LogP contribution in [0.4, 0.5) is 0 Å². The van der Waals surface area contributed by atoms with Crippen LogP contribution in [0.5, 0.6) is 11.5 Å². The number of ether oxygens (including phenoxy) is 3. The molecule has 2 heterocycles. The molecule has 20 heavy (non-hydrogen) atoms. The van der Waals surface area contributed by atoms with Crippen molar-refractivity contribution in [2.45, 2.75) is 31.3 Å². The molecule has 1 unspecified atom stereocenters. The number of methoxy groups -OCH3 is 1. The zero-order valence-corrected chi connectivity index (χ0v) is 12.1. The summed E-state index contributed by atoms with van der Waals surface area (Å²) in [6, 6.07) is 6.36. The Labute approximate surface area is 120 Å². The molecule has 0 amide bonds. The smallest absolute Gasteiger partial charge is 0.161 e. The lowest BCUT2D eigenvalue weighted by atomic mass is 9.98. The minimum atomic E-state index is 0.247. The third-order valence-corrected chi connectivity index (χ3v) is 4.18. The van der Waals surface area contributed by atoms with Gasteiger partial charge in [0.05, 0.1) is 20.3 Å². The predicted molar refractivity (Wildman–Crippen MR) is 77.7 cm³/mol. The molecule has 110 valence electrons. The van der Waals surface area contributed by atoms with Gasteiger partial charge in [-0.25, -0.2) is 0 Å². The summed E-state index contributed by atoms with van der Waals surface area (Å²) in [6.45, 7) is 3.74. The van der Waals surface area contributed by atoms with Gasteiger partial charge in [0.15, 0.2) is 11.5 Å². The van der Waals surface area contributed by atoms with Gasteiger partial charge in [0.2, 0.25) is 0 Å². The van der Waals surface area contributed by atoms with Crippen molar-refractivity contribution >= 4 is 0 Å². The minimum absolute atomic E-state index is 0.247. The normalized spacial score (nSPS) is 23.8. The topological polar surface area (TPSA) is 39.7 Å². The van der Waals surface area contributed by atoms with Gasteiger partial charge in [-0.3, -0.25) is 0 Å². The van der Waals surface area contributed by atoms with Crippen molar-refractivity contribution < 1.29 is 14.2 Å². The van der Waals surface area contributed by atoms with E-state index in [1.165, 1.54) is 12.0 Å². The van der Waals surface area contributed by atoms with E-state index in [9.17, 15) is 0 Å². The lowest BCUT2D eigenvalue weighted by molar-refractivity contribution is 0.0245. The molecule has 1 N–H and O–H groups in total. The third kappa shape index (κ3) is 3.07. The highest BCUT2D eigenvalue weighted by Crippen LogP contribution is 2.34. The van der Waals surface area contributed by atoms with Crippen molar-refractivity contribution in [3.05, 3.63) is 23.8 Å². The van der Waals surface area contributed by atoms with E-state index in [2.05, 4.69) is 23.5 Å². The molecule has 4 heteroatoms. The van der Waals surface area contributed by atoms with Crippen LogP contribution >= 0.6 is 0 Å². The highest BCUT2D eigenvalue weighted by Gasteiger charge is 2.20. The van der Waals surface area contributed by atoms with Crippen LogP contribution in [0.1, 0.15) is 30.7 Å². The Morgan fingerprint density at radius 1 is 1.15 bits per heavy atom. The zero-order valence-electron chi connectivity index (χ0n) is 12.1. The molecule has 1 aromatic rings. The molecule has 4 nitrogen and oxygen atoms in total. The highest BCUT2D eigenvalue weighted by molar-refractivity contribution is 5.44. The summed E-state index contributed by atoms with van der Waals surface area (Å²) in [4.78, 5) is 0. The highest BCUT2D eigenvalue weighted by atomic mass is 16.5. The van der Waals surface area contributed by atoms with Gasteiger partial charge in [-0.2, -0.15) is 0 Å². The lowest BCUT2D eigenvalue weighted by Gasteiger charge is -2.24. The summed E-state index contributed by atoms with van der Waals surface area (Å²) < 4.78 is 16.9. The molecule has 0 radical (unpaired) electrons. The Morgan fingerprint density at radius 3 is 2.70 bits per heavy atom. The van der Waals surface area contributed by atoms with Crippen LogP contribution in [0.25, 0.3) is 0 Å². The van der Waals surface area contributed by atoms with Crippen molar-refractivity contribution in [3.63, 3.8) is 0 Å². The SMILES string of the molecule is COc1cc(C2CCNC2)ccc1OC1CCOCC1. The first kappa shape index (κ1) is 13.7. The van der Waals surface area contributed by atoms with E-state index in [-0.39, 0.29) is 6.10 Å². The second-order valence-corrected chi connectivity index (χ2v) is 5.53. The molecule has 3 rings (SSSR count). The number of nitrogens with one attached hydrogen (secondary N) is 1. The summed E-state index contributed by atoms with van der Waals surface area (Å²) in [5, 5.41) is 3.40. The van der Waals surface area contributed by atoms with Crippen molar-refractivity contribution in [3.8, 4) is 11.5 Å². The maximum atomic E-state index is 6.07. The van der Waals surface area contributed by atoms with Gasteiger partial charge in [0, 0.05) is 19.4 Å². The molecule has 0 saturated carbocycles. The Kier molecular flexibility index (Phi) is 4.43. The first-order chi connectivity index (χ1) is 9.86. The van der Waals surface area contributed by atoms with Crippen molar-refractivity contribution in [1.82, 2.24) is 5.32 Å². The van der Waals surface area contributed by atoms with Gasteiger partial charge in [-0.05, 0) is 36.6 Å². The molecule has 1 atom stereocenters.